The van der Waals surface area contributed by atoms with Crippen LogP contribution in [-0.2, 0) is 23.1 Å². The number of rotatable bonds is 10. The highest BCUT2D eigenvalue weighted by Crippen LogP contribution is 2.25. The van der Waals surface area contributed by atoms with Crippen molar-refractivity contribution in [2.24, 2.45) is 0 Å². The monoisotopic (exact) mass is 1100 g/mol. The Morgan fingerprint density at radius 1 is 0.717 bits per heavy atom. The van der Waals surface area contributed by atoms with Crippen molar-refractivity contribution in [1.82, 2.24) is 39.2 Å². The number of hydrogen-bond acceptors (Lipinski definition) is 11. The van der Waals surface area contributed by atoms with Gasteiger partial charge in [0.25, 0.3) is 5.16 Å². The fourth-order valence-corrected chi connectivity index (χ4v) is 5.25. The van der Waals surface area contributed by atoms with Gasteiger partial charge in [0.05, 0.1) is 14.3 Å². The van der Waals surface area contributed by atoms with Gasteiger partial charge in [0.2, 0.25) is 9.84 Å². The van der Waals surface area contributed by atoms with Gasteiger partial charge in [-0.15, -0.1) is 0 Å². The molecule has 4 aromatic heterocycles. The number of thioether (sulfide) groups is 1. The summed E-state index contributed by atoms with van der Waals surface area (Å²) in [5.41, 5.74) is 5.24. The molecule has 17 heteroatoms. The molecule has 0 radical (unpaired) electrons. The third-order valence-corrected chi connectivity index (χ3v) is 8.26. The van der Waals surface area contributed by atoms with E-state index in [1.165, 1.54) is 20.7 Å². The van der Waals surface area contributed by atoms with E-state index in [9.17, 15) is 8.42 Å². The Balaban J connectivity index is 0.000000244. The molecule has 0 amide bonds. The molecule has 0 fully saturated rings. The Morgan fingerprint density at radius 3 is 1.49 bits per heavy atom. The first-order valence-corrected chi connectivity index (χ1v) is 23.8. The maximum Gasteiger partial charge on any atom is 0.322 e. The lowest BCUT2D eigenvalue weighted by molar-refractivity contribution is 0.268. The molecule has 0 N–H and O–H groups in total. The molecule has 0 saturated heterocycles. The minimum Gasteiger partial charge on any atom is -0.458 e. The molecule has 0 aliphatic carbocycles. The summed E-state index contributed by atoms with van der Waals surface area (Å²) in [5.74, 6) is 0.496. The third kappa shape index (κ3) is 14.0. The standard InChI is InChI=1S/C16H18N4O3S.C16H18N4OS.C2H4I2.C2H5I/c1-11(2)13-9-17-20-14(13)18-15(24(3,21)22)19-16(20)23-10-12-7-5-4-6-8-12;1-11(2)13-9-17-20-14(13)18-15(22-3)19-16(20)21-10-12-7-5-4-6-8-12;1-2(3)4;1-2-3/h4-9,11H,10H2,1-3H3;4-9,11H,10H2,1-3H3;2H,1H3;2H2,1H3. The van der Waals surface area contributed by atoms with Gasteiger partial charge in [-0.05, 0) is 40.6 Å². The van der Waals surface area contributed by atoms with Crippen molar-refractivity contribution in [2.75, 3.05) is 16.9 Å². The first-order chi connectivity index (χ1) is 25.2. The van der Waals surface area contributed by atoms with E-state index < -0.39 is 9.84 Å². The van der Waals surface area contributed by atoms with Crippen LogP contribution in [0.3, 0.4) is 0 Å². The van der Waals surface area contributed by atoms with Gasteiger partial charge in [-0.3, -0.25) is 0 Å². The molecule has 2 aromatic carbocycles. The van der Waals surface area contributed by atoms with Gasteiger partial charge in [0.1, 0.15) is 13.2 Å². The van der Waals surface area contributed by atoms with Gasteiger partial charge in [0.15, 0.2) is 16.5 Å². The van der Waals surface area contributed by atoms with Crippen LogP contribution in [-0.4, -0.2) is 66.5 Å². The summed E-state index contributed by atoms with van der Waals surface area (Å²) in [4.78, 5) is 17.2. The Hall–Kier alpha value is -2.37. The number of halogens is 3. The van der Waals surface area contributed by atoms with E-state index >= 15 is 0 Å². The number of hydrogen-bond donors (Lipinski definition) is 0. The molecule has 0 aliphatic rings. The fraction of sp³-hybridized carbons (Fsp3) is 0.389. The molecule has 0 spiro atoms. The number of fused-ring (bicyclic) bond motifs is 2. The van der Waals surface area contributed by atoms with E-state index in [1.807, 2.05) is 87.0 Å². The van der Waals surface area contributed by atoms with Gasteiger partial charge in [-0.2, -0.15) is 34.2 Å². The number of nitrogens with zero attached hydrogens (tertiary/aromatic N) is 8. The van der Waals surface area contributed by atoms with Crippen LogP contribution in [0.15, 0.2) is 83.4 Å². The summed E-state index contributed by atoms with van der Waals surface area (Å²) >= 11 is 8.45. The van der Waals surface area contributed by atoms with E-state index in [0.29, 0.717) is 29.3 Å². The summed E-state index contributed by atoms with van der Waals surface area (Å²) in [7, 11) is -3.56. The number of sulfone groups is 1. The summed E-state index contributed by atoms with van der Waals surface area (Å²) in [6, 6.07) is 20.2. The lowest BCUT2D eigenvalue weighted by atomic mass is 10.1. The summed E-state index contributed by atoms with van der Waals surface area (Å²) in [6.45, 7) is 13.2. The van der Waals surface area contributed by atoms with Crippen LogP contribution in [0.1, 0.15) is 75.6 Å². The van der Waals surface area contributed by atoms with Crippen molar-refractivity contribution in [3.8, 4) is 12.0 Å². The normalized spacial score (nSPS) is 11.1. The van der Waals surface area contributed by atoms with E-state index in [4.69, 9.17) is 9.47 Å². The average Bonchev–Trinajstić information content (AvgIpc) is 3.76. The molecule has 6 rings (SSSR count). The quantitative estimate of drug-likeness (QED) is 0.0737. The zero-order valence-corrected chi connectivity index (χ0v) is 39.0. The largest absolute Gasteiger partial charge is 0.458 e. The zero-order valence-electron chi connectivity index (χ0n) is 30.9. The van der Waals surface area contributed by atoms with Crippen molar-refractivity contribution in [3.05, 3.63) is 95.3 Å². The smallest absolute Gasteiger partial charge is 0.322 e. The Bertz CT molecular complexity index is 2110. The number of alkyl halides is 3. The van der Waals surface area contributed by atoms with Crippen molar-refractivity contribution >= 4 is 101 Å². The summed E-state index contributed by atoms with van der Waals surface area (Å²) < 4.78 is 40.5. The summed E-state index contributed by atoms with van der Waals surface area (Å²) in [6.07, 6.45) is 6.54. The average molecular weight is 1100 g/mol. The predicted molar refractivity (Wildman–Crippen MR) is 238 cm³/mol. The predicted octanol–water partition coefficient (Wildman–Crippen LogP) is 9.42. The highest BCUT2D eigenvalue weighted by Gasteiger charge is 2.21. The van der Waals surface area contributed by atoms with Gasteiger partial charge >= 0.3 is 12.0 Å². The van der Waals surface area contributed by atoms with Crippen molar-refractivity contribution in [1.29, 1.82) is 0 Å². The number of aromatic nitrogens is 8. The molecule has 4 heterocycles. The maximum atomic E-state index is 11.9. The van der Waals surface area contributed by atoms with Crippen LogP contribution in [0.4, 0.5) is 0 Å². The second kappa shape index (κ2) is 22.2. The van der Waals surface area contributed by atoms with Crippen LogP contribution in [0.25, 0.3) is 11.3 Å². The fourth-order valence-electron chi connectivity index (χ4n) is 4.41. The lowest BCUT2D eigenvalue weighted by Gasteiger charge is -2.09. The maximum absolute atomic E-state index is 11.9. The van der Waals surface area contributed by atoms with E-state index in [-0.39, 0.29) is 23.7 Å². The van der Waals surface area contributed by atoms with Crippen molar-refractivity contribution < 1.29 is 17.9 Å². The molecule has 12 nitrogen and oxygen atoms in total. The highest BCUT2D eigenvalue weighted by molar-refractivity contribution is 14.2. The molecule has 0 unspecified atom stereocenters. The van der Waals surface area contributed by atoms with Gasteiger partial charge < -0.3 is 9.47 Å². The van der Waals surface area contributed by atoms with Gasteiger partial charge in [-0.1, -0.05) is 175 Å². The minimum absolute atomic E-state index is 0.108. The molecular weight excluding hydrogens is 1050 g/mol. The topological polar surface area (TPSA) is 139 Å². The highest BCUT2D eigenvalue weighted by atomic mass is 127. The third-order valence-electron chi connectivity index (χ3n) is 6.87. The van der Waals surface area contributed by atoms with Crippen LogP contribution in [0.5, 0.6) is 12.0 Å². The molecule has 53 heavy (non-hydrogen) atoms. The molecular formula is C36H45I3N8O4S2. The van der Waals surface area contributed by atoms with Crippen LogP contribution in [0, 0.1) is 0 Å². The molecule has 6 aromatic rings. The first kappa shape index (κ1) is 45.0. The zero-order chi connectivity index (χ0) is 39.1. The minimum atomic E-state index is -3.56. The second-order valence-corrected chi connectivity index (χ2v) is 22.2. The Kier molecular flexibility index (Phi) is 18.9. The van der Waals surface area contributed by atoms with E-state index in [1.54, 1.807) is 10.7 Å². The first-order valence-electron chi connectivity index (χ1n) is 16.6. The molecule has 0 saturated carbocycles. The second-order valence-electron chi connectivity index (χ2n) is 11.9. The van der Waals surface area contributed by atoms with Gasteiger partial charge in [0, 0.05) is 17.4 Å². The van der Waals surface area contributed by atoms with Crippen LogP contribution < -0.4 is 9.47 Å². The van der Waals surface area contributed by atoms with Crippen molar-refractivity contribution in [3.63, 3.8) is 0 Å². The Morgan fingerprint density at radius 2 is 1.11 bits per heavy atom. The lowest BCUT2D eigenvalue weighted by Crippen LogP contribution is -2.11. The molecule has 0 bridgehead atoms. The number of benzene rings is 2. The molecule has 286 valence electrons. The van der Waals surface area contributed by atoms with Gasteiger partial charge in [-0.25, -0.2) is 13.4 Å². The molecule has 0 atom stereocenters. The van der Waals surface area contributed by atoms with Crippen LogP contribution >= 0.6 is 79.5 Å². The van der Waals surface area contributed by atoms with E-state index in [2.05, 4.69) is 126 Å². The van der Waals surface area contributed by atoms with E-state index in [0.717, 1.165) is 36.1 Å². The van der Waals surface area contributed by atoms with Crippen molar-refractivity contribution in [2.45, 2.75) is 78.8 Å². The Labute approximate surface area is 357 Å². The SMILES string of the molecule is CC(C)c1cnn2c(OCc3ccccc3)nc(S(C)(=O)=O)nc12.CC(I)I.CCI.CSc1nc(OCc2ccccc2)n2ncc(C(C)C)c2n1. The molecule has 0 aliphatic heterocycles. The summed E-state index contributed by atoms with van der Waals surface area (Å²) in [5, 5.41) is 9.06. The number of ether oxygens (including phenoxy) is 2. The van der Waals surface area contributed by atoms with Crippen LogP contribution in [0.2, 0.25) is 0 Å².